The van der Waals surface area contributed by atoms with E-state index in [9.17, 15) is 8.42 Å². The molecule has 0 aliphatic carbocycles. The van der Waals surface area contributed by atoms with Gasteiger partial charge in [0.1, 0.15) is 5.75 Å². The highest BCUT2D eigenvalue weighted by Crippen LogP contribution is 2.22. The number of benzene rings is 2. The van der Waals surface area contributed by atoms with Gasteiger partial charge in [0.05, 0.1) is 18.0 Å². The maximum absolute atomic E-state index is 12.5. The summed E-state index contributed by atoms with van der Waals surface area (Å²) in [5.41, 5.74) is 1.79. The summed E-state index contributed by atoms with van der Waals surface area (Å²) in [6.07, 6.45) is 5.65. The van der Waals surface area contributed by atoms with Crippen molar-refractivity contribution in [1.82, 2.24) is 4.72 Å². The van der Waals surface area contributed by atoms with Crippen LogP contribution < -0.4 is 9.46 Å². The Bertz CT molecular complexity index is 788. The first-order valence-corrected chi connectivity index (χ1v) is 8.61. The quantitative estimate of drug-likeness (QED) is 0.829. The SMILES string of the molecule is C#CCC(NS(=O)(=O)c1ccc(C)cc1)c1ccc(OC)cc1. The monoisotopic (exact) mass is 329 g/mol. The number of hydrogen-bond acceptors (Lipinski definition) is 3. The van der Waals surface area contributed by atoms with E-state index in [1.165, 1.54) is 0 Å². The number of nitrogens with one attached hydrogen (secondary N) is 1. The lowest BCUT2D eigenvalue weighted by Gasteiger charge is -2.17. The number of ether oxygens (including phenoxy) is 1. The summed E-state index contributed by atoms with van der Waals surface area (Å²) in [6, 6.07) is 13.4. The van der Waals surface area contributed by atoms with E-state index in [0.29, 0.717) is 5.75 Å². The fourth-order valence-corrected chi connectivity index (χ4v) is 3.38. The van der Waals surface area contributed by atoms with Crippen LogP contribution in [0.25, 0.3) is 0 Å². The molecule has 0 amide bonds. The van der Waals surface area contributed by atoms with Crippen LogP contribution in [0, 0.1) is 19.3 Å². The Morgan fingerprint density at radius 2 is 1.74 bits per heavy atom. The number of methoxy groups -OCH3 is 1. The fourth-order valence-electron chi connectivity index (χ4n) is 2.15. The minimum absolute atomic E-state index is 0.221. The van der Waals surface area contributed by atoms with Crippen molar-refractivity contribution < 1.29 is 13.2 Å². The molecular formula is C18H19NO3S. The predicted octanol–water partition coefficient (Wildman–Crippen LogP) is 3.05. The smallest absolute Gasteiger partial charge is 0.241 e. The van der Waals surface area contributed by atoms with Crippen molar-refractivity contribution in [2.45, 2.75) is 24.3 Å². The van der Waals surface area contributed by atoms with E-state index < -0.39 is 16.1 Å². The molecule has 2 aromatic rings. The molecule has 0 bridgehead atoms. The Hall–Kier alpha value is -2.29. The molecule has 4 nitrogen and oxygen atoms in total. The number of sulfonamides is 1. The van der Waals surface area contributed by atoms with Crippen molar-refractivity contribution in [2.75, 3.05) is 7.11 Å². The number of hydrogen-bond donors (Lipinski definition) is 1. The van der Waals surface area contributed by atoms with E-state index in [4.69, 9.17) is 11.2 Å². The third kappa shape index (κ3) is 4.35. The molecule has 0 aliphatic heterocycles. The van der Waals surface area contributed by atoms with Gasteiger partial charge >= 0.3 is 0 Å². The lowest BCUT2D eigenvalue weighted by molar-refractivity contribution is 0.414. The molecule has 23 heavy (non-hydrogen) atoms. The number of rotatable bonds is 6. The molecule has 0 radical (unpaired) electrons. The Labute approximate surface area is 137 Å². The second-order valence-corrected chi connectivity index (χ2v) is 6.88. The zero-order valence-electron chi connectivity index (χ0n) is 13.1. The Balaban J connectivity index is 2.27. The average Bonchev–Trinajstić information content (AvgIpc) is 2.55. The topological polar surface area (TPSA) is 55.4 Å². The highest BCUT2D eigenvalue weighted by Gasteiger charge is 2.20. The van der Waals surface area contributed by atoms with Crippen LogP contribution in [0.1, 0.15) is 23.6 Å². The summed E-state index contributed by atoms with van der Waals surface area (Å²) in [5, 5.41) is 0. The van der Waals surface area contributed by atoms with Gasteiger partial charge in [0.15, 0.2) is 0 Å². The first-order chi connectivity index (χ1) is 11.0. The largest absolute Gasteiger partial charge is 0.497 e. The molecule has 1 unspecified atom stereocenters. The third-order valence-electron chi connectivity index (χ3n) is 3.47. The normalized spacial score (nSPS) is 12.4. The van der Waals surface area contributed by atoms with E-state index in [-0.39, 0.29) is 11.3 Å². The standard InChI is InChI=1S/C18H19NO3S/c1-4-5-18(15-8-10-16(22-3)11-9-15)19-23(20,21)17-12-6-14(2)7-13-17/h1,6-13,18-19H,5H2,2-3H3. The highest BCUT2D eigenvalue weighted by atomic mass is 32.2. The van der Waals surface area contributed by atoms with Gasteiger partial charge in [-0.3, -0.25) is 0 Å². The summed E-state index contributed by atoms with van der Waals surface area (Å²) < 4.78 is 32.8. The van der Waals surface area contributed by atoms with Crippen molar-refractivity contribution in [3.63, 3.8) is 0 Å². The second kappa shape index (κ2) is 7.32. The summed E-state index contributed by atoms with van der Waals surface area (Å²) in [4.78, 5) is 0.221. The molecule has 0 spiro atoms. The molecular weight excluding hydrogens is 310 g/mol. The molecule has 2 aromatic carbocycles. The summed E-state index contributed by atoms with van der Waals surface area (Å²) in [6.45, 7) is 1.91. The molecule has 1 atom stereocenters. The van der Waals surface area contributed by atoms with Gasteiger partial charge in [-0.1, -0.05) is 29.8 Å². The van der Waals surface area contributed by atoms with Crippen LogP contribution in [0.3, 0.4) is 0 Å². The van der Waals surface area contributed by atoms with E-state index >= 15 is 0 Å². The second-order valence-electron chi connectivity index (χ2n) is 5.17. The van der Waals surface area contributed by atoms with Crippen molar-refractivity contribution in [1.29, 1.82) is 0 Å². The summed E-state index contributed by atoms with van der Waals surface area (Å²) in [7, 11) is -2.06. The Morgan fingerprint density at radius 3 is 2.26 bits per heavy atom. The van der Waals surface area contributed by atoms with Crippen molar-refractivity contribution in [3.05, 3.63) is 59.7 Å². The maximum atomic E-state index is 12.5. The minimum Gasteiger partial charge on any atom is -0.497 e. The zero-order valence-corrected chi connectivity index (χ0v) is 13.9. The van der Waals surface area contributed by atoms with Gasteiger partial charge in [-0.2, -0.15) is 0 Å². The zero-order chi connectivity index (χ0) is 16.9. The maximum Gasteiger partial charge on any atom is 0.241 e. The molecule has 0 aromatic heterocycles. The van der Waals surface area contributed by atoms with Gasteiger partial charge in [0, 0.05) is 6.42 Å². The third-order valence-corrected chi connectivity index (χ3v) is 4.96. The van der Waals surface area contributed by atoms with Gasteiger partial charge in [0.25, 0.3) is 0 Å². The van der Waals surface area contributed by atoms with Crippen molar-refractivity contribution >= 4 is 10.0 Å². The molecule has 0 fully saturated rings. The van der Waals surface area contributed by atoms with Crippen LogP contribution in [0.4, 0.5) is 0 Å². The molecule has 0 saturated carbocycles. The van der Waals surface area contributed by atoms with Crippen molar-refractivity contribution in [3.8, 4) is 18.1 Å². The van der Waals surface area contributed by atoms with Gasteiger partial charge in [-0.15, -0.1) is 12.3 Å². The van der Waals surface area contributed by atoms with Crippen LogP contribution in [0.15, 0.2) is 53.4 Å². The van der Waals surface area contributed by atoms with E-state index in [0.717, 1.165) is 11.1 Å². The molecule has 0 aliphatic rings. The van der Waals surface area contributed by atoms with E-state index in [1.54, 1.807) is 55.6 Å². The molecule has 0 heterocycles. The van der Waals surface area contributed by atoms with Crippen LogP contribution in [0.5, 0.6) is 5.75 Å². The minimum atomic E-state index is -3.64. The molecule has 2 rings (SSSR count). The van der Waals surface area contributed by atoms with Crippen LogP contribution >= 0.6 is 0 Å². The summed E-state index contributed by atoms with van der Waals surface area (Å²) >= 11 is 0. The first kappa shape index (κ1) is 17.1. The first-order valence-electron chi connectivity index (χ1n) is 7.12. The van der Waals surface area contributed by atoms with Gasteiger partial charge in [0.2, 0.25) is 10.0 Å². The molecule has 120 valence electrons. The summed E-state index contributed by atoms with van der Waals surface area (Å²) in [5.74, 6) is 3.22. The fraction of sp³-hybridized carbons (Fsp3) is 0.222. The lowest BCUT2D eigenvalue weighted by atomic mass is 10.1. The van der Waals surface area contributed by atoms with E-state index in [2.05, 4.69) is 10.6 Å². The van der Waals surface area contributed by atoms with Gasteiger partial charge in [-0.05, 0) is 36.8 Å². The molecule has 0 saturated heterocycles. The van der Waals surface area contributed by atoms with Crippen LogP contribution in [-0.2, 0) is 10.0 Å². The average molecular weight is 329 g/mol. The molecule has 1 N–H and O–H groups in total. The lowest BCUT2D eigenvalue weighted by Crippen LogP contribution is -2.28. The van der Waals surface area contributed by atoms with Crippen LogP contribution in [-0.4, -0.2) is 15.5 Å². The number of terminal acetylenes is 1. The predicted molar refractivity (Wildman–Crippen MR) is 90.7 cm³/mol. The molecule has 5 heteroatoms. The van der Waals surface area contributed by atoms with Crippen LogP contribution in [0.2, 0.25) is 0 Å². The Kier molecular flexibility index (Phi) is 5.43. The van der Waals surface area contributed by atoms with E-state index in [1.807, 2.05) is 6.92 Å². The van der Waals surface area contributed by atoms with Gasteiger partial charge < -0.3 is 4.74 Å². The number of aryl methyl sites for hydroxylation is 1. The Morgan fingerprint density at radius 1 is 1.13 bits per heavy atom. The van der Waals surface area contributed by atoms with Crippen molar-refractivity contribution in [2.24, 2.45) is 0 Å². The van der Waals surface area contributed by atoms with Gasteiger partial charge in [-0.25, -0.2) is 13.1 Å². The highest BCUT2D eigenvalue weighted by molar-refractivity contribution is 7.89.